The van der Waals surface area contributed by atoms with Gasteiger partial charge in [0.05, 0.1) is 18.1 Å². The smallest absolute Gasteiger partial charge is 0.377 e. The first kappa shape index (κ1) is 21.1. The van der Waals surface area contributed by atoms with Crippen molar-refractivity contribution in [2.24, 2.45) is 0 Å². The number of rotatable bonds is 7. The van der Waals surface area contributed by atoms with Crippen molar-refractivity contribution in [1.82, 2.24) is 9.97 Å². The monoisotopic (exact) mass is 449 g/mol. The molecule has 0 fully saturated rings. The summed E-state index contributed by atoms with van der Waals surface area (Å²) < 4.78 is 42.5. The molecule has 0 aliphatic heterocycles. The molecule has 0 bridgehead atoms. The van der Waals surface area contributed by atoms with E-state index in [1.807, 2.05) is 25.1 Å². The Morgan fingerprint density at radius 1 is 1.17 bits per heavy atom. The van der Waals surface area contributed by atoms with Crippen LogP contribution in [-0.4, -0.2) is 35.2 Å². The van der Waals surface area contributed by atoms with Crippen LogP contribution in [0.3, 0.4) is 0 Å². The van der Waals surface area contributed by atoms with Crippen LogP contribution in [0.4, 0.5) is 0 Å². The van der Waals surface area contributed by atoms with Gasteiger partial charge in [0.25, 0.3) is 0 Å². The summed E-state index contributed by atoms with van der Waals surface area (Å²) in [5.41, 5.74) is 1.78. The second-order valence-electron chi connectivity index (χ2n) is 6.07. The molecule has 0 amide bonds. The number of aromatic nitrogens is 2. The predicted molar refractivity (Wildman–Crippen MR) is 109 cm³/mol. The molecule has 0 aromatic carbocycles. The van der Waals surface area contributed by atoms with Crippen LogP contribution in [0.2, 0.25) is 0 Å². The van der Waals surface area contributed by atoms with Gasteiger partial charge < -0.3 is 9.42 Å². The number of thiophene rings is 1. The van der Waals surface area contributed by atoms with E-state index in [4.69, 9.17) is 9.79 Å². The number of nitriles is 1. The lowest BCUT2D eigenvalue weighted by Crippen LogP contribution is -2.11. The van der Waals surface area contributed by atoms with E-state index < -0.39 is 29.3 Å². The first-order chi connectivity index (χ1) is 13.7. The van der Waals surface area contributed by atoms with Gasteiger partial charge in [-0.1, -0.05) is 6.07 Å². The van der Waals surface area contributed by atoms with Gasteiger partial charge in [0.15, 0.2) is 9.84 Å². The molecule has 3 aromatic rings. The van der Waals surface area contributed by atoms with Crippen LogP contribution >= 0.6 is 18.9 Å². The SMILES string of the molecule is Cc1ccc(-c2ccc(S(=O)(=O)CCP(=O)(O)Oc3ccc(C#N)nc3)s2)cn1. The van der Waals surface area contributed by atoms with Crippen LogP contribution in [0, 0.1) is 18.3 Å². The summed E-state index contributed by atoms with van der Waals surface area (Å²) in [6.45, 7) is 1.86. The van der Waals surface area contributed by atoms with E-state index in [1.54, 1.807) is 12.3 Å². The van der Waals surface area contributed by atoms with Gasteiger partial charge in [-0.25, -0.2) is 18.0 Å². The third-order valence-electron chi connectivity index (χ3n) is 3.83. The minimum atomic E-state index is -4.22. The molecule has 150 valence electrons. The van der Waals surface area contributed by atoms with Crippen LogP contribution < -0.4 is 4.52 Å². The number of pyridine rings is 2. The van der Waals surface area contributed by atoms with Crippen molar-refractivity contribution >= 4 is 28.8 Å². The Morgan fingerprint density at radius 3 is 2.59 bits per heavy atom. The van der Waals surface area contributed by atoms with Gasteiger partial charge in [-0.15, -0.1) is 11.3 Å². The lowest BCUT2D eigenvalue weighted by Gasteiger charge is -2.12. The normalized spacial score (nSPS) is 13.4. The quantitative estimate of drug-likeness (QED) is 0.543. The fourth-order valence-corrected chi connectivity index (χ4v) is 6.95. The maximum Gasteiger partial charge on any atom is 0.377 e. The van der Waals surface area contributed by atoms with Crippen LogP contribution in [-0.2, 0) is 14.4 Å². The average Bonchev–Trinajstić information content (AvgIpc) is 3.19. The Balaban J connectivity index is 1.68. The molecule has 3 aromatic heterocycles. The fourth-order valence-electron chi connectivity index (χ4n) is 2.30. The molecular weight excluding hydrogens is 433 g/mol. The number of sulfone groups is 1. The summed E-state index contributed by atoms with van der Waals surface area (Å²) in [4.78, 5) is 18.7. The second kappa shape index (κ2) is 8.43. The van der Waals surface area contributed by atoms with Crippen molar-refractivity contribution in [3.63, 3.8) is 0 Å². The van der Waals surface area contributed by atoms with Gasteiger partial charge in [-0.2, -0.15) is 5.26 Å². The summed E-state index contributed by atoms with van der Waals surface area (Å²) in [5, 5.41) is 8.70. The molecule has 0 saturated heterocycles. The van der Waals surface area contributed by atoms with Gasteiger partial charge in [-0.05, 0) is 37.3 Å². The van der Waals surface area contributed by atoms with Gasteiger partial charge in [0, 0.05) is 22.3 Å². The highest BCUT2D eigenvalue weighted by Gasteiger charge is 2.27. The van der Waals surface area contributed by atoms with Gasteiger partial charge in [0.2, 0.25) is 0 Å². The largest absolute Gasteiger partial charge is 0.423 e. The molecule has 1 atom stereocenters. The second-order valence-corrected chi connectivity index (χ2v) is 11.4. The Labute approximate surface area is 171 Å². The van der Waals surface area contributed by atoms with Crippen molar-refractivity contribution in [3.05, 3.63) is 60.2 Å². The summed E-state index contributed by atoms with van der Waals surface area (Å²) in [5.74, 6) is -0.561. The Morgan fingerprint density at radius 2 is 1.97 bits per heavy atom. The molecule has 11 heteroatoms. The van der Waals surface area contributed by atoms with Gasteiger partial charge in [-0.3, -0.25) is 4.98 Å². The summed E-state index contributed by atoms with van der Waals surface area (Å²) in [6, 6.07) is 11.3. The molecule has 1 unspecified atom stereocenters. The Bertz CT molecular complexity index is 1200. The van der Waals surface area contributed by atoms with Crippen LogP contribution in [0.15, 0.2) is 53.0 Å². The van der Waals surface area contributed by atoms with E-state index in [0.717, 1.165) is 33.7 Å². The average molecular weight is 449 g/mol. The van der Waals surface area contributed by atoms with E-state index >= 15 is 0 Å². The molecule has 8 nitrogen and oxygen atoms in total. The van der Waals surface area contributed by atoms with E-state index in [-0.39, 0.29) is 15.7 Å². The van der Waals surface area contributed by atoms with E-state index in [0.29, 0.717) is 0 Å². The fraction of sp³-hybridized carbons (Fsp3) is 0.167. The zero-order chi connectivity index (χ0) is 21.1. The number of nitrogens with zero attached hydrogens (tertiary/aromatic N) is 3. The third-order valence-corrected chi connectivity index (χ3v) is 8.84. The van der Waals surface area contributed by atoms with Crippen molar-refractivity contribution in [3.8, 4) is 22.3 Å². The molecule has 0 radical (unpaired) electrons. The third kappa shape index (κ3) is 5.49. The van der Waals surface area contributed by atoms with Crippen LogP contribution in [0.25, 0.3) is 10.4 Å². The zero-order valence-electron chi connectivity index (χ0n) is 15.2. The molecular formula is C18H16N3O5PS2. The maximum atomic E-state index is 12.6. The number of hydrogen-bond acceptors (Lipinski definition) is 8. The van der Waals surface area contributed by atoms with Crippen molar-refractivity contribution in [2.45, 2.75) is 11.1 Å². The lowest BCUT2D eigenvalue weighted by molar-refractivity contribution is 0.380. The van der Waals surface area contributed by atoms with Gasteiger partial charge >= 0.3 is 7.60 Å². The van der Waals surface area contributed by atoms with Crippen molar-refractivity contribution in [2.75, 3.05) is 11.9 Å². The van der Waals surface area contributed by atoms with Crippen molar-refractivity contribution < 1.29 is 22.4 Å². The Hall–Kier alpha value is -2.57. The first-order valence-corrected chi connectivity index (χ1v) is 12.5. The minimum Gasteiger partial charge on any atom is -0.423 e. The summed E-state index contributed by atoms with van der Waals surface area (Å²) >= 11 is 1.08. The van der Waals surface area contributed by atoms with E-state index in [1.165, 1.54) is 18.2 Å². The lowest BCUT2D eigenvalue weighted by atomic mass is 10.2. The molecule has 0 aliphatic carbocycles. The van der Waals surface area contributed by atoms with Crippen molar-refractivity contribution in [1.29, 1.82) is 5.26 Å². The predicted octanol–water partition coefficient (Wildman–Crippen LogP) is 3.42. The first-order valence-electron chi connectivity index (χ1n) is 8.32. The van der Waals surface area contributed by atoms with E-state index in [9.17, 15) is 17.9 Å². The molecule has 1 N–H and O–H groups in total. The molecule has 0 aliphatic rings. The molecule has 3 heterocycles. The molecule has 29 heavy (non-hydrogen) atoms. The van der Waals surface area contributed by atoms with Crippen LogP contribution in [0.5, 0.6) is 5.75 Å². The number of aryl methyl sites for hydroxylation is 1. The summed E-state index contributed by atoms with van der Waals surface area (Å²) in [6.07, 6.45) is 2.23. The zero-order valence-corrected chi connectivity index (χ0v) is 17.7. The van der Waals surface area contributed by atoms with Crippen LogP contribution in [0.1, 0.15) is 11.4 Å². The molecule has 0 saturated carbocycles. The molecule has 0 spiro atoms. The highest BCUT2D eigenvalue weighted by atomic mass is 32.2. The number of hydrogen-bond donors (Lipinski definition) is 1. The van der Waals surface area contributed by atoms with Gasteiger partial charge in [0.1, 0.15) is 21.7 Å². The highest BCUT2D eigenvalue weighted by molar-refractivity contribution is 7.93. The maximum absolute atomic E-state index is 12.6. The topological polar surface area (TPSA) is 130 Å². The highest BCUT2D eigenvalue weighted by Crippen LogP contribution is 2.43. The Kier molecular flexibility index (Phi) is 6.15. The standard InChI is InChI=1S/C18H16N3O5PS2/c1-13-2-3-14(11-20-13)17-6-7-18(28-17)29(24,25)9-8-27(22,23)26-16-5-4-15(10-19)21-12-16/h2-7,11-12H,8-9H2,1H3,(H,22,23). The van der Waals surface area contributed by atoms with E-state index in [2.05, 4.69) is 9.97 Å². The summed E-state index contributed by atoms with van der Waals surface area (Å²) in [7, 11) is -7.98. The minimum absolute atomic E-state index is 0.0162. The molecule has 3 rings (SSSR count).